The standard InChI is InChI=1S/C8H18N2O2S/c1-7(5-9-2)13(11,12)10-6-8-3-4-8/h7-10H,3-6H2,1-2H3. The monoisotopic (exact) mass is 206 g/mol. The summed E-state index contributed by atoms with van der Waals surface area (Å²) in [6.45, 7) is 2.84. The highest BCUT2D eigenvalue weighted by Crippen LogP contribution is 2.27. The van der Waals surface area contributed by atoms with E-state index in [1.165, 1.54) is 12.8 Å². The lowest BCUT2D eigenvalue weighted by Gasteiger charge is -2.12. The largest absolute Gasteiger partial charge is 0.318 e. The number of hydrogen-bond donors (Lipinski definition) is 2. The van der Waals surface area contributed by atoms with Crippen molar-refractivity contribution in [3.8, 4) is 0 Å². The molecule has 1 aliphatic rings. The van der Waals surface area contributed by atoms with E-state index in [0.717, 1.165) is 0 Å². The zero-order chi connectivity index (χ0) is 9.90. The molecule has 1 unspecified atom stereocenters. The van der Waals surface area contributed by atoms with Crippen LogP contribution in [0, 0.1) is 5.92 Å². The van der Waals surface area contributed by atoms with E-state index in [0.29, 0.717) is 19.0 Å². The van der Waals surface area contributed by atoms with Gasteiger partial charge in [-0.15, -0.1) is 0 Å². The fourth-order valence-corrected chi connectivity index (χ4v) is 2.23. The minimum Gasteiger partial charge on any atom is -0.318 e. The van der Waals surface area contributed by atoms with Gasteiger partial charge in [0.05, 0.1) is 5.25 Å². The molecule has 1 saturated carbocycles. The van der Waals surface area contributed by atoms with Gasteiger partial charge in [0.2, 0.25) is 10.0 Å². The Morgan fingerprint density at radius 2 is 2.08 bits per heavy atom. The van der Waals surface area contributed by atoms with Crippen molar-refractivity contribution in [1.82, 2.24) is 10.0 Å². The third-order valence-corrected chi connectivity index (χ3v) is 4.09. The summed E-state index contributed by atoms with van der Waals surface area (Å²) in [5, 5.41) is 2.51. The van der Waals surface area contributed by atoms with Gasteiger partial charge >= 0.3 is 0 Å². The number of sulfonamides is 1. The predicted molar refractivity (Wildman–Crippen MR) is 53.0 cm³/mol. The zero-order valence-corrected chi connectivity index (χ0v) is 9.02. The molecule has 0 aliphatic heterocycles. The second-order valence-electron chi connectivity index (χ2n) is 3.71. The molecule has 0 amide bonds. The molecule has 78 valence electrons. The van der Waals surface area contributed by atoms with Gasteiger partial charge in [0.15, 0.2) is 0 Å². The molecule has 0 saturated heterocycles. The summed E-state index contributed by atoms with van der Waals surface area (Å²) in [6.07, 6.45) is 2.34. The maximum Gasteiger partial charge on any atom is 0.215 e. The Labute approximate surface area is 80.1 Å². The third kappa shape index (κ3) is 3.62. The Morgan fingerprint density at radius 3 is 2.54 bits per heavy atom. The average Bonchev–Trinajstić information content (AvgIpc) is 2.84. The topological polar surface area (TPSA) is 58.2 Å². The van der Waals surface area contributed by atoms with E-state index in [-0.39, 0.29) is 5.25 Å². The summed E-state index contributed by atoms with van der Waals surface area (Å²) in [7, 11) is -1.33. The molecule has 1 aliphatic carbocycles. The van der Waals surface area contributed by atoms with Crippen molar-refractivity contribution in [3.63, 3.8) is 0 Å². The summed E-state index contributed by atoms with van der Waals surface area (Å²) in [5.41, 5.74) is 0. The van der Waals surface area contributed by atoms with Crippen LogP contribution in [0.4, 0.5) is 0 Å². The predicted octanol–water partition coefficient (Wildman–Crippen LogP) is -0.0763. The van der Waals surface area contributed by atoms with E-state index < -0.39 is 10.0 Å². The molecule has 1 atom stereocenters. The van der Waals surface area contributed by atoms with Crippen LogP contribution in [0.15, 0.2) is 0 Å². The van der Waals surface area contributed by atoms with Crippen molar-refractivity contribution < 1.29 is 8.42 Å². The van der Waals surface area contributed by atoms with Gasteiger partial charge in [-0.3, -0.25) is 0 Å². The van der Waals surface area contributed by atoms with Gasteiger partial charge in [-0.2, -0.15) is 0 Å². The van der Waals surface area contributed by atoms with Crippen LogP contribution in [0.2, 0.25) is 0 Å². The molecule has 4 nitrogen and oxygen atoms in total. The van der Waals surface area contributed by atoms with E-state index in [1.54, 1.807) is 14.0 Å². The first-order chi connectivity index (χ1) is 6.06. The molecule has 0 bridgehead atoms. The molecule has 0 spiro atoms. The number of rotatable bonds is 6. The molecule has 1 fully saturated rings. The quantitative estimate of drug-likeness (QED) is 0.639. The van der Waals surface area contributed by atoms with Crippen molar-refractivity contribution in [1.29, 1.82) is 0 Å². The highest BCUT2D eigenvalue weighted by molar-refractivity contribution is 7.90. The van der Waals surface area contributed by atoms with Crippen molar-refractivity contribution in [2.24, 2.45) is 5.92 Å². The molecule has 5 heteroatoms. The van der Waals surface area contributed by atoms with Gasteiger partial charge in [-0.1, -0.05) is 0 Å². The van der Waals surface area contributed by atoms with Crippen LogP contribution in [0.5, 0.6) is 0 Å². The van der Waals surface area contributed by atoms with Crippen LogP contribution in [0.1, 0.15) is 19.8 Å². The highest BCUT2D eigenvalue weighted by atomic mass is 32.2. The molecule has 0 heterocycles. The van der Waals surface area contributed by atoms with Gasteiger partial charge in [-0.25, -0.2) is 13.1 Å². The molecule has 0 aromatic carbocycles. The summed E-state index contributed by atoms with van der Waals surface area (Å²) in [6, 6.07) is 0. The van der Waals surface area contributed by atoms with Crippen molar-refractivity contribution in [2.75, 3.05) is 20.1 Å². The van der Waals surface area contributed by atoms with Crippen molar-refractivity contribution in [2.45, 2.75) is 25.0 Å². The van der Waals surface area contributed by atoms with E-state index in [9.17, 15) is 8.42 Å². The summed E-state index contributed by atoms with van der Waals surface area (Å²) < 4.78 is 25.6. The summed E-state index contributed by atoms with van der Waals surface area (Å²) in [4.78, 5) is 0. The number of hydrogen-bond acceptors (Lipinski definition) is 3. The molecule has 2 N–H and O–H groups in total. The molecular weight excluding hydrogens is 188 g/mol. The second kappa shape index (κ2) is 4.39. The summed E-state index contributed by atoms with van der Waals surface area (Å²) >= 11 is 0. The maximum absolute atomic E-state index is 11.5. The molecular formula is C8H18N2O2S. The minimum absolute atomic E-state index is 0.351. The Morgan fingerprint density at radius 1 is 1.46 bits per heavy atom. The van der Waals surface area contributed by atoms with E-state index in [4.69, 9.17) is 0 Å². The first-order valence-corrected chi connectivity index (χ1v) is 6.24. The first kappa shape index (κ1) is 10.9. The van der Waals surface area contributed by atoms with E-state index in [1.807, 2.05) is 0 Å². The van der Waals surface area contributed by atoms with Gasteiger partial charge in [0, 0.05) is 13.1 Å². The Balaban J connectivity index is 2.33. The van der Waals surface area contributed by atoms with Crippen molar-refractivity contribution in [3.05, 3.63) is 0 Å². The van der Waals surface area contributed by atoms with E-state index in [2.05, 4.69) is 10.0 Å². The van der Waals surface area contributed by atoms with Gasteiger partial charge < -0.3 is 5.32 Å². The lowest BCUT2D eigenvalue weighted by molar-refractivity contribution is 0.560. The van der Waals surface area contributed by atoms with Gasteiger partial charge in [0.1, 0.15) is 0 Å². The van der Waals surface area contributed by atoms with Crippen LogP contribution in [0.25, 0.3) is 0 Å². The Kier molecular flexibility index (Phi) is 3.70. The Bertz CT molecular complexity index is 247. The molecule has 0 radical (unpaired) electrons. The zero-order valence-electron chi connectivity index (χ0n) is 8.21. The van der Waals surface area contributed by atoms with Crippen LogP contribution >= 0.6 is 0 Å². The Hall–Kier alpha value is -0.130. The SMILES string of the molecule is CNCC(C)S(=O)(=O)NCC1CC1. The van der Waals surface area contributed by atoms with Crippen LogP contribution in [-0.2, 0) is 10.0 Å². The molecule has 0 aromatic rings. The average molecular weight is 206 g/mol. The number of nitrogens with one attached hydrogen (secondary N) is 2. The first-order valence-electron chi connectivity index (χ1n) is 4.69. The van der Waals surface area contributed by atoms with E-state index >= 15 is 0 Å². The lowest BCUT2D eigenvalue weighted by atomic mass is 10.4. The highest BCUT2D eigenvalue weighted by Gasteiger charge is 2.25. The fraction of sp³-hybridized carbons (Fsp3) is 1.00. The summed E-state index contributed by atoms with van der Waals surface area (Å²) in [5.74, 6) is 0.594. The third-order valence-electron chi connectivity index (χ3n) is 2.29. The smallest absolute Gasteiger partial charge is 0.215 e. The van der Waals surface area contributed by atoms with Crippen LogP contribution < -0.4 is 10.0 Å². The van der Waals surface area contributed by atoms with Gasteiger partial charge in [0.25, 0.3) is 0 Å². The van der Waals surface area contributed by atoms with Crippen molar-refractivity contribution >= 4 is 10.0 Å². The van der Waals surface area contributed by atoms with Crippen LogP contribution in [0.3, 0.4) is 0 Å². The lowest BCUT2D eigenvalue weighted by Crippen LogP contribution is -2.38. The van der Waals surface area contributed by atoms with Gasteiger partial charge in [-0.05, 0) is 32.7 Å². The fourth-order valence-electron chi connectivity index (χ4n) is 1.10. The molecule has 0 aromatic heterocycles. The normalized spacial score (nSPS) is 20.2. The molecule has 1 rings (SSSR count). The molecule has 13 heavy (non-hydrogen) atoms. The minimum atomic E-state index is -3.09. The second-order valence-corrected chi connectivity index (χ2v) is 5.89. The maximum atomic E-state index is 11.5. The van der Waals surface area contributed by atoms with Crippen LogP contribution in [-0.4, -0.2) is 33.8 Å².